The predicted octanol–water partition coefficient (Wildman–Crippen LogP) is 3.90. The van der Waals surface area contributed by atoms with Crippen LogP contribution in [0.4, 0.5) is 0 Å². The molecule has 30 nitrogen and oxygen atoms in total. The first kappa shape index (κ1) is 97.3. The molecule has 114 heavy (non-hydrogen) atoms. The number of nitrogens with one attached hydrogen (secondary N) is 8. The van der Waals surface area contributed by atoms with Crippen molar-refractivity contribution in [3.8, 4) is 16.9 Å². The molecule has 18 N–H and O–H groups in total. The van der Waals surface area contributed by atoms with Crippen molar-refractivity contribution in [1.82, 2.24) is 42.5 Å². The molecule has 1 saturated heterocycles. The van der Waals surface area contributed by atoms with Crippen molar-refractivity contribution >= 4 is 82.0 Å². The number of unbranched alkanes of at least 4 members (excludes halogenated alkanes) is 5. The van der Waals surface area contributed by atoms with Gasteiger partial charge in [-0.2, -0.15) is 0 Å². The van der Waals surface area contributed by atoms with E-state index in [0.29, 0.717) is 36.1 Å². The molecule has 1 aliphatic rings. The van der Waals surface area contributed by atoms with Gasteiger partial charge in [-0.3, -0.25) is 67.1 Å². The maximum Gasteiger partial charge on any atom is 0.243 e. The number of hydrogen-bond acceptors (Lipinski definition) is 22. The number of Topliss-reactive ketones (excluding diaryl/α,β-unsaturated/α-hetero) is 6. The number of hydrogen-bond donors (Lipinski definition) is 14. The van der Waals surface area contributed by atoms with E-state index in [2.05, 4.69) is 49.5 Å². The highest BCUT2D eigenvalue weighted by Gasteiger charge is 2.39. The SMILES string of the molecule is CCCCCCCCC(=O)N[C@@H](CCN)C(=O)C[C@H](C(=O)N[C@@H](CCNC(=O)CCOCCCC(=O)c1cccc(-c2ccc(OCC(=O)CCC)cc2)c1)C(=O)C[C@H]1CCNC(=O)[C@H]([C@@H](C)O)CC(=O)[C@H](CCN)NC(=O)[C@H](CCN)NC(=O)[C@H](CC(C)C)NC(=O)[C@@H](Cc2ccccc2)CC(=O)[C@H](CCN)NC1=O)[C@@H](C)O. The maximum absolute atomic E-state index is 15.2. The van der Waals surface area contributed by atoms with E-state index < -0.39 is 175 Å². The molecule has 1 fully saturated rings. The zero-order valence-corrected chi connectivity index (χ0v) is 67.6. The zero-order valence-electron chi connectivity index (χ0n) is 67.6. The maximum atomic E-state index is 15.2. The molecule has 0 aromatic heterocycles. The average Bonchev–Trinajstić information content (AvgIpc) is 0.915. The van der Waals surface area contributed by atoms with Crippen LogP contribution in [0.3, 0.4) is 0 Å². The third-order valence-corrected chi connectivity index (χ3v) is 20.0. The molecule has 0 aliphatic carbocycles. The number of ether oxygens (including phenoxy) is 2. The summed E-state index contributed by atoms with van der Waals surface area (Å²) in [6.45, 7) is 9.05. The highest BCUT2D eigenvalue weighted by atomic mass is 16.5. The normalized spacial score (nSPS) is 19.8. The highest BCUT2D eigenvalue weighted by Crippen LogP contribution is 2.26. The molecule has 3 aromatic carbocycles. The fourth-order valence-electron chi connectivity index (χ4n) is 13.4. The molecule has 0 saturated carbocycles. The van der Waals surface area contributed by atoms with Crippen LogP contribution in [-0.2, 0) is 73.5 Å². The Morgan fingerprint density at radius 2 is 1.18 bits per heavy atom. The molecule has 0 bridgehead atoms. The lowest BCUT2D eigenvalue weighted by Gasteiger charge is -2.28. The van der Waals surface area contributed by atoms with Crippen LogP contribution in [0.25, 0.3) is 11.1 Å². The first-order valence-electron chi connectivity index (χ1n) is 40.7. The van der Waals surface area contributed by atoms with Crippen molar-refractivity contribution in [2.75, 3.05) is 59.1 Å². The molecule has 12 atom stereocenters. The van der Waals surface area contributed by atoms with Crippen LogP contribution in [0.1, 0.15) is 205 Å². The molecule has 1 heterocycles. The largest absolute Gasteiger partial charge is 0.486 e. The molecule has 0 unspecified atom stereocenters. The number of aliphatic hydroxyl groups excluding tert-OH is 2. The molecule has 1 aliphatic heterocycles. The molecular formula is C84H128N12O18. The topological polar surface area (TPSA) is 498 Å². The van der Waals surface area contributed by atoms with E-state index in [-0.39, 0.29) is 141 Å². The van der Waals surface area contributed by atoms with Gasteiger partial charge >= 0.3 is 0 Å². The third kappa shape index (κ3) is 36.2. The van der Waals surface area contributed by atoms with Crippen LogP contribution in [0.15, 0.2) is 78.9 Å². The van der Waals surface area contributed by atoms with Crippen LogP contribution in [0.5, 0.6) is 5.75 Å². The summed E-state index contributed by atoms with van der Waals surface area (Å²) in [6, 6.07) is 15.0. The summed E-state index contributed by atoms with van der Waals surface area (Å²) in [5.41, 5.74) is 26.7. The number of amides is 8. The second-order valence-electron chi connectivity index (χ2n) is 30.1. The van der Waals surface area contributed by atoms with Gasteiger partial charge in [-0.15, -0.1) is 0 Å². The fraction of sp³-hybridized carbons (Fsp3) is 0.619. The van der Waals surface area contributed by atoms with E-state index in [1.807, 2.05) is 25.1 Å². The highest BCUT2D eigenvalue weighted by molar-refractivity contribution is 6.00. The van der Waals surface area contributed by atoms with Crippen LogP contribution in [0, 0.1) is 29.6 Å². The lowest BCUT2D eigenvalue weighted by molar-refractivity contribution is -0.137. The number of rotatable bonds is 47. The standard InChI is InChI=1S/C84H128N12O18/c1-7-9-10-11-12-16-25-78(106)91-66(30-37-85)75(103)51-65(55(6)98)82(110)93-69(35-42-89-77(105)36-44-113-43-18-24-72(100)59-23-17-22-58(47-59)57-26-28-63(29-27-57)114-52-62(99)19-8-2)73(101)48-60-34-41-90-81(109)64(54(5)97)50-76(104)68(32-39-87)94-83(111)70(33-40-88)95-84(112)71(45-53(3)4)96-80(108)61(46-56-20-14-13-15-21-56)49-74(102)67(31-38-86)92-79(60)107/h13-15,17,20-23,26-29,47,53-55,60-61,64-71,97-98H,7-12,16,18-19,24-25,30-46,48-52,85-88H2,1-6H3,(H,89,105)(H,90,109)(H,91,106)(H,92,107)(H,93,110)(H,94,111)(H,95,112)(H,96,108)/t54-,55-,60-,61+,64+,65+,66+,67+,68+,69+,70+,71+/m1/s1. The van der Waals surface area contributed by atoms with E-state index in [1.54, 1.807) is 74.5 Å². The number of benzene rings is 3. The number of aliphatic hydroxyl groups is 2. The Kier molecular flexibility index (Phi) is 46.0. The zero-order chi connectivity index (χ0) is 84.1. The fourth-order valence-corrected chi connectivity index (χ4v) is 13.4. The van der Waals surface area contributed by atoms with Gasteiger partial charge in [0.2, 0.25) is 47.3 Å². The molecule has 0 radical (unpaired) electrons. The van der Waals surface area contributed by atoms with E-state index in [4.69, 9.17) is 32.4 Å². The quantitative estimate of drug-likeness (QED) is 0.0281. The van der Waals surface area contributed by atoms with Gasteiger partial charge in [-0.05, 0) is 151 Å². The minimum atomic E-state index is -1.59. The predicted molar refractivity (Wildman–Crippen MR) is 431 cm³/mol. The van der Waals surface area contributed by atoms with Crippen molar-refractivity contribution in [3.05, 3.63) is 90.0 Å². The molecule has 3 aromatic rings. The molecule has 30 heteroatoms. The van der Waals surface area contributed by atoms with Crippen LogP contribution in [-0.4, -0.2) is 200 Å². The molecular weight excluding hydrogens is 1460 g/mol. The van der Waals surface area contributed by atoms with E-state index in [1.165, 1.54) is 13.8 Å². The number of carbonyl (C=O) groups excluding carboxylic acids is 14. The Labute approximate surface area is 670 Å². The molecule has 4 rings (SSSR count). The first-order valence-corrected chi connectivity index (χ1v) is 40.7. The van der Waals surface area contributed by atoms with Crippen LogP contribution < -0.4 is 70.2 Å². The van der Waals surface area contributed by atoms with Crippen molar-refractivity contribution in [3.63, 3.8) is 0 Å². The molecule has 8 amide bonds. The van der Waals surface area contributed by atoms with Crippen molar-refractivity contribution in [1.29, 1.82) is 0 Å². The lowest BCUT2D eigenvalue weighted by Crippen LogP contribution is -2.57. The summed E-state index contributed by atoms with van der Waals surface area (Å²) in [6.07, 6.45) is 0.331. The van der Waals surface area contributed by atoms with Crippen molar-refractivity contribution in [2.45, 2.75) is 244 Å². The number of nitrogens with two attached hydrogens (primary N) is 4. The Bertz CT molecular complexity index is 3560. The van der Waals surface area contributed by atoms with E-state index in [9.17, 15) is 67.7 Å². The van der Waals surface area contributed by atoms with E-state index >= 15 is 9.59 Å². The van der Waals surface area contributed by atoms with Crippen molar-refractivity contribution < 1.29 is 86.8 Å². The Morgan fingerprint density at radius 1 is 0.561 bits per heavy atom. The summed E-state index contributed by atoms with van der Waals surface area (Å²) < 4.78 is 11.4. The Hall–Kier alpha value is -9.04. The van der Waals surface area contributed by atoms with Crippen LogP contribution in [0.2, 0.25) is 0 Å². The monoisotopic (exact) mass is 1590 g/mol. The van der Waals surface area contributed by atoms with Crippen LogP contribution >= 0.6 is 0 Å². The van der Waals surface area contributed by atoms with Gasteiger partial charge in [-0.25, -0.2) is 0 Å². The molecule has 0 spiro atoms. The van der Waals surface area contributed by atoms with Gasteiger partial charge in [0.25, 0.3) is 0 Å². The second-order valence-corrected chi connectivity index (χ2v) is 30.1. The summed E-state index contributed by atoms with van der Waals surface area (Å²) >= 11 is 0. The van der Waals surface area contributed by atoms with Gasteiger partial charge < -0.3 is 85.2 Å². The Morgan fingerprint density at radius 3 is 1.82 bits per heavy atom. The van der Waals surface area contributed by atoms with Gasteiger partial charge in [0.15, 0.2) is 34.7 Å². The lowest BCUT2D eigenvalue weighted by atomic mass is 9.88. The Balaban J connectivity index is 1.68. The average molecular weight is 1590 g/mol. The van der Waals surface area contributed by atoms with Gasteiger partial charge in [0, 0.05) is 88.5 Å². The first-order chi connectivity index (χ1) is 54.6. The smallest absolute Gasteiger partial charge is 0.243 e. The van der Waals surface area contributed by atoms with Gasteiger partial charge in [-0.1, -0.05) is 120 Å². The summed E-state index contributed by atoms with van der Waals surface area (Å²) in [5.74, 6) is -14.4. The number of ketones is 6. The summed E-state index contributed by atoms with van der Waals surface area (Å²) in [7, 11) is 0. The minimum Gasteiger partial charge on any atom is -0.486 e. The van der Waals surface area contributed by atoms with Crippen molar-refractivity contribution in [2.24, 2.45) is 52.5 Å². The summed E-state index contributed by atoms with van der Waals surface area (Å²) in [5, 5.41) is 43.9. The summed E-state index contributed by atoms with van der Waals surface area (Å²) in [4.78, 5) is 198. The third-order valence-electron chi connectivity index (χ3n) is 20.0. The van der Waals surface area contributed by atoms with E-state index in [0.717, 1.165) is 49.7 Å². The minimum absolute atomic E-state index is 0.00334. The van der Waals surface area contributed by atoms with Gasteiger partial charge in [0.05, 0.1) is 54.8 Å². The second kappa shape index (κ2) is 53.9. The molecule has 632 valence electrons. The van der Waals surface area contributed by atoms with Gasteiger partial charge in [0.1, 0.15) is 24.4 Å². The number of carbonyl (C=O) groups is 14.